The topological polar surface area (TPSA) is 183 Å². The second kappa shape index (κ2) is 9.94. The van der Waals surface area contributed by atoms with Gasteiger partial charge in [0.15, 0.2) is 5.82 Å². The summed E-state index contributed by atoms with van der Waals surface area (Å²) in [6.45, 7) is 3.23. The van der Waals surface area contributed by atoms with Crippen LogP contribution in [0.15, 0.2) is 18.3 Å². The van der Waals surface area contributed by atoms with Crippen LogP contribution in [0.1, 0.15) is 31.7 Å². The number of aliphatic carboxylic acids is 1. The fraction of sp³-hybridized carbons (Fsp3) is 0.474. The molecule has 0 spiro atoms. The van der Waals surface area contributed by atoms with Gasteiger partial charge in [-0.05, 0) is 28.0 Å². The van der Waals surface area contributed by atoms with Crippen molar-refractivity contribution in [2.45, 2.75) is 45.2 Å². The molecule has 0 saturated carbocycles. The summed E-state index contributed by atoms with van der Waals surface area (Å²) >= 11 is 0. The van der Waals surface area contributed by atoms with Gasteiger partial charge in [-0.1, -0.05) is 26.3 Å². The quantitative estimate of drug-likeness (QED) is 0.370. The minimum atomic E-state index is -1.16. The summed E-state index contributed by atoms with van der Waals surface area (Å²) in [6, 6.07) is 1.39. The molecule has 3 rings (SSSR count). The van der Waals surface area contributed by atoms with E-state index in [0.717, 1.165) is 4.90 Å². The number of aromatic amines is 1. The highest BCUT2D eigenvalue weighted by atomic mass is 16.4. The Kier molecular flexibility index (Phi) is 7.07. The van der Waals surface area contributed by atoms with E-state index < -0.39 is 42.3 Å². The van der Waals surface area contributed by atoms with Crippen LogP contribution in [0.25, 0.3) is 0 Å². The van der Waals surface area contributed by atoms with Gasteiger partial charge in [0.2, 0.25) is 17.7 Å². The van der Waals surface area contributed by atoms with Crippen LogP contribution in [0.4, 0.5) is 5.82 Å². The predicted molar refractivity (Wildman–Crippen MR) is 109 cm³/mol. The largest absolute Gasteiger partial charge is 0.480 e. The monoisotopic (exact) mass is 444 g/mol. The molecule has 13 nitrogen and oxygen atoms in total. The lowest BCUT2D eigenvalue weighted by Crippen LogP contribution is -2.53. The number of pyridine rings is 1. The smallest absolute Gasteiger partial charge is 0.327 e. The summed E-state index contributed by atoms with van der Waals surface area (Å²) in [5.74, 6) is -2.47. The average molecular weight is 444 g/mol. The Balaban J connectivity index is 1.65. The highest BCUT2D eigenvalue weighted by molar-refractivity contribution is 6.03. The zero-order valence-electron chi connectivity index (χ0n) is 17.6. The molecule has 3 atom stereocenters. The number of aromatic nitrogens is 5. The van der Waals surface area contributed by atoms with Crippen molar-refractivity contribution in [1.29, 1.82) is 0 Å². The molecule has 1 aliphatic rings. The van der Waals surface area contributed by atoms with Gasteiger partial charge in [-0.25, -0.2) is 14.9 Å². The van der Waals surface area contributed by atoms with Gasteiger partial charge in [0, 0.05) is 12.6 Å². The molecule has 0 unspecified atom stereocenters. The number of anilines is 1. The van der Waals surface area contributed by atoms with E-state index in [1.807, 2.05) is 6.92 Å². The molecule has 32 heavy (non-hydrogen) atoms. The third kappa shape index (κ3) is 5.04. The third-order valence-electron chi connectivity index (χ3n) is 5.32. The number of rotatable bonds is 9. The Morgan fingerprint density at radius 1 is 1.34 bits per heavy atom. The van der Waals surface area contributed by atoms with Gasteiger partial charge < -0.3 is 15.7 Å². The number of carbonyl (C=O) groups excluding carboxylic acids is 3. The van der Waals surface area contributed by atoms with Gasteiger partial charge in [-0.15, -0.1) is 5.10 Å². The molecule has 2 aromatic heterocycles. The number of nitrogens with zero attached hydrogens (tertiary/aromatic N) is 5. The maximum absolute atomic E-state index is 12.8. The number of H-pyrrole nitrogens is 1. The van der Waals surface area contributed by atoms with Crippen molar-refractivity contribution in [3.05, 3.63) is 29.7 Å². The Morgan fingerprint density at radius 2 is 2.12 bits per heavy atom. The highest BCUT2D eigenvalue weighted by Crippen LogP contribution is 2.29. The van der Waals surface area contributed by atoms with Crippen LogP contribution in [0, 0.1) is 5.92 Å². The van der Waals surface area contributed by atoms with Crippen LogP contribution < -0.4 is 15.5 Å². The Labute approximate surface area is 183 Å². The molecule has 170 valence electrons. The van der Waals surface area contributed by atoms with Crippen LogP contribution in [0.2, 0.25) is 0 Å². The van der Waals surface area contributed by atoms with E-state index in [1.54, 1.807) is 19.1 Å². The molecule has 1 aliphatic heterocycles. The molecule has 13 heteroatoms. The van der Waals surface area contributed by atoms with Crippen LogP contribution in [-0.4, -0.2) is 73.0 Å². The molecule has 4 N–H and O–H groups in total. The first kappa shape index (κ1) is 22.8. The SMILES string of the molecule is CC[C@H](C)[C@H](NC(=O)Cc1nnn[nH]1)C(=O)NCC(=O)N1c2ncccc2C[C@H]1C(=O)O. The number of tetrazole rings is 1. The molecule has 0 bridgehead atoms. The number of hydrogen-bond donors (Lipinski definition) is 4. The van der Waals surface area contributed by atoms with Gasteiger partial charge in [0.1, 0.15) is 17.9 Å². The van der Waals surface area contributed by atoms with Crippen molar-refractivity contribution in [2.75, 3.05) is 11.4 Å². The van der Waals surface area contributed by atoms with Crippen LogP contribution in [-0.2, 0) is 32.0 Å². The molecule has 3 amide bonds. The van der Waals surface area contributed by atoms with Crippen LogP contribution in [0.3, 0.4) is 0 Å². The van der Waals surface area contributed by atoms with Crippen molar-refractivity contribution >= 4 is 29.5 Å². The normalized spacial score (nSPS) is 16.7. The van der Waals surface area contributed by atoms with Crippen molar-refractivity contribution in [2.24, 2.45) is 5.92 Å². The molecule has 2 aromatic rings. The van der Waals surface area contributed by atoms with Gasteiger partial charge in [0.05, 0.1) is 13.0 Å². The second-order valence-electron chi connectivity index (χ2n) is 7.48. The zero-order chi connectivity index (χ0) is 23.3. The summed E-state index contributed by atoms with van der Waals surface area (Å²) in [5.41, 5.74) is 0.645. The second-order valence-corrected chi connectivity index (χ2v) is 7.48. The number of amides is 3. The Morgan fingerprint density at radius 3 is 2.78 bits per heavy atom. The van der Waals surface area contributed by atoms with Crippen LogP contribution in [0.5, 0.6) is 0 Å². The molecule has 0 fully saturated rings. The van der Waals surface area contributed by atoms with E-state index in [0.29, 0.717) is 12.0 Å². The van der Waals surface area contributed by atoms with Gasteiger partial charge in [0.25, 0.3) is 0 Å². The summed E-state index contributed by atoms with van der Waals surface area (Å²) in [7, 11) is 0. The lowest BCUT2D eigenvalue weighted by Gasteiger charge is -2.25. The van der Waals surface area contributed by atoms with E-state index in [2.05, 4.69) is 36.2 Å². The van der Waals surface area contributed by atoms with Gasteiger partial charge in [-0.2, -0.15) is 0 Å². The predicted octanol–water partition coefficient (Wildman–Crippen LogP) is -1.17. The fourth-order valence-corrected chi connectivity index (χ4v) is 3.43. The van der Waals surface area contributed by atoms with E-state index in [9.17, 15) is 24.3 Å². The van der Waals surface area contributed by atoms with Crippen LogP contribution >= 0.6 is 0 Å². The standard InChI is InChI=1S/C19H24N8O5/c1-3-10(2)16(22-14(28)8-13-23-25-26-24-13)18(30)21-9-15(29)27-12(19(31)32)7-11-5-4-6-20-17(11)27/h4-6,10,12,16H,3,7-9H2,1-2H3,(H,21,30)(H,22,28)(H,31,32)(H,23,24,25,26)/t10-,12-,16-/m0/s1. The lowest BCUT2D eigenvalue weighted by molar-refractivity contribution is -0.139. The maximum atomic E-state index is 12.8. The Hall–Kier alpha value is -3.90. The minimum absolute atomic E-state index is 0.136. The summed E-state index contributed by atoms with van der Waals surface area (Å²) in [4.78, 5) is 54.7. The molecule has 0 radical (unpaired) electrons. The van der Waals surface area contributed by atoms with Gasteiger partial charge >= 0.3 is 5.97 Å². The Bertz CT molecular complexity index is 995. The van der Waals surface area contributed by atoms with Crippen molar-refractivity contribution in [3.63, 3.8) is 0 Å². The number of hydrogen-bond acceptors (Lipinski definition) is 8. The number of carboxylic acid groups (broad SMARTS) is 1. The number of carbonyl (C=O) groups is 4. The molecule has 0 saturated heterocycles. The third-order valence-corrected chi connectivity index (χ3v) is 5.32. The fourth-order valence-electron chi connectivity index (χ4n) is 3.43. The maximum Gasteiger partial charge on any atom is 0.327 e. The van der Waals surface area contributed by atoms with Crippen molar-refractivity contribution in [1.82, 2.24) is 36.2 Å². The minimum Gasteiger partial charge on any atom is -0.480 e. The summed E-state index contributed by atoms with van der Waals surface area (Å²) in [5, 5.41) is 27.6. The number of fused-ring (bicyclic) bond motifs is 1. The average Bonchev–Trinajstić information content (AvgIpc) is 3.42. The first-order valence-corrected chi connectivity index (χ1v) is 10.1. The summed E-state index contributed by atoms with van der Waals surface area (Å²) in [6.07, 6.45) is 2.07. The van der Waals surface area contributed by atoms with E-state index in [-0.39, 0.29) is 30.4 Å². The first-order valence-electron chi connectivity index (χ1n) is 10.1. The van der Waals surface area contributed by atoms with E-state index in [1.165, 1.54) is 6.20 Å². The number of nitrogens with one attached hydrogen (secondary N) is 3. The first-order chi connectivity index (χ1) is 15.3. The molecule has 0 aliphatic carbocycles. The number of carboxylic acids is 1. The summed E-state index contributed by atoms with van der Waals surface area (Å²) < 4.78 is 0. The van der Waals surface area contributed by atoms with Crippen molar-refractivity contribution in [3.8, 4) is 0 Å². The van der Waals surface area contributed by atoms with E-state index >= 15 is 0 Å². The molecular weight excluding hydrogens is 420 g/mol. The molecule has 0 aromatic carbocycles. The molecule has 3 heterocycles. The zero-order valence-corrected chi connectivity index (χ0v) is 17.6. The molecular formula is C19H24N8O5. The highest BCUT2D eigenvalue weighted by Gasteiger charge is 2.39. The van der Waals surface area contributed by atoms with Gasteiger partial charge in [-0.3, -0.25) is 19.3 Å². The van der Waals surface area contributed by atoms with E-state index in [4.69, 9.17) is 0 Å². The van der Waals surface area contributed by atoms with Crippen molar-refractivity contribution < 1.29 is 24.3 Å². The lowest BCUT2D eigenvalue weighted by atomic mass is 9.98.